The van der Waals surface area contributed by atoms with Gasteiger partial charge in [0.05, 0.1) is 0 Å². The first-order valence-corrected chi connectivity index (χ1v) is 9.18. The Labute approximate surface area is 109 Å². The van der Waals surface area contributed by atoms with Gasteiger partial charge >= 0.3 is 0 Å². The molecule has 0 amide bonds. The predicted octanol–water partition coefficient (Wildman–Crippen LogP) is 3.39. The molecular formula is C13H25NS2. The molecule has 1 nitrogen and oxygen atoms in total. The maximum Gasteiger partial charge on any atom is 0.0198 e. The lowest BCUT2D eigenvalue weighted by atomic mass is 9.95. The first-order chi connectivity index (χ1) is 7.90. The van der Waals surface area contributed by atoms with Gasteiger partial charge in [0, 0.05) is 23.6 Å². The second-order valence-corrected chi connectivity index (χ2v) is 7.36. The second kappa shape index (κ2) is 7.17. The Kier molecular flexibility index (Phi) is 5.87. The summed E-state index contributed by atoms with van der Waals surface area (Å²) < 4.78 is 0. The van der Waals surface area contributed by atoms with E-state index in [0.29, 0.717) is 0 Å². The van der Waals surface area contributed by atoms with Gasteiger partial charge in [-0.05, 0) is 43.6 Å². The second-order valence-electron chi connectivity index (χ2n) is 5.14. The summed E-state index contributed by atoms with van der Waals surface area (Å²) in [5, 5.41) is 4.65. The fraction of sp³-hybridized carbons (Fsp3) is 1.00. The third-order valence-corrected chi connectivity index (χ3v) is 6.08. The molecule has 94 valence electrons. The van der Waals surface area contributed by atoms with E-state index >= 15 is 0 Å². The van der Waals surface area contributed by atoms with Crippen molar-refractivity contribution in [3.63, 3.8) is 0 Å². The molecule has 3 heteroatoms. The van der Waals surface area contributed by atoms with Crippen LogP contribution in [0, 0.1) is 5.92 Å². The van der Waals surface area contributed by atoms with Gasteiger partial charge in [-0.25, -0.2) is 0 Å². The van der Waals surface area contributed by atoms with Crippen molar-refractivity contribution in [1.29, 1.82) is 0 Å². The van der Waals surface area contributed by atoms with Crippen LogP contribution in [0.1, 0.15) is 38.5 Å². The van der Waals surface area contributed by atoms with E-state index in [-0.39, 0.29) is 0 Å². The van der Waals surface area contributed by atoms with E-state index in [1.54, 1.807) is 0 Å². The number of thioether (sulfide) groups is 2. The van der Waals surface area contributed by atoms with E-state index in [1.807, 2.05) is 0 Å². The van der Waals surface area contributed by atoms with Crippen molar-refractivity contribution in [3.05, 3.63) is 0 Å². The van der Waals surface area contributed by atoms with Crippen molar-refractivity contribution in [1.82, 2.24) is 5.32 Å². The third-order valence-electron chi connectivity index (χ3n) is 3.71. The number of nitrogens with one attached hydrogen (secondary N) is 1. The molecule has 2 aliphatic rings. The molecule has 0 aromatic rings. The molecule has 2 unspecified atom stereocenters. The zero-order valence-electron chi connectivity index (χ0n) is 10.4. The SMILES string of the molecule is CSC1CCCCC1NCCSCC1CC1. The molecule has 0 aromatic carbocycles. The summed E-state index contributed by atoms with van der Waals surface area (Å²) in [5.41, 5.74) is 0. The van der Waals surface area contributed by atoms with Crippen LogP contribution in [-0.4, -0.2) is 35.6 Å². The van der Waals surface area contributed by atoms with Crippen molar-refractivity contribution < 1.29 is 0 Å². The summed E-state index contributed by atoms with van der Waals surface area (Å²) in [4.78, 5) is 0. The Hall–Kier alpha value is 0.660. The molecule has 2 fully saturated rings. The van der Waals surface area contributed by atoms with E-state index in [4.69, 9.17) is 0 Å². The highest BCUT2D eigenvalue weighted by Crippen LogP contribution is 2.32. The Bertz CT molecular complexity index is 194. The monoisotopic (exact) mass is 259 g/mol. The van der Waals surface area contributed by atoms with Gasteiger partial charge in [0.25, 0.3) is 0 Å². The van der Waals surface area contributed by atoms with Crippen LogP contribution in [0.2, 0.25) is 0 Å². The predicted molar refractivity (Wildman–Crippen MR) is 77.6 cm³/mol. The average molecular weight is 259 g/mol. The Morgan fingerprint density at radius 3 is 2.69 bits per heavy atom. The fourth-order valence-electron chi connectivity index (χ4n) is 2.46. The van der Waals surface area contributed by atoms with Crippen molar-refractivity contribution in [2.45, 2.75) is 49.8 Å². The number of hydrogen-bond donors (Lipinski definition) is 1. The van der Waals surface area contributed by atoms with Crippen LogP contribution in [0.5, 0.6) is 0 Å². The van der Waals surface area contributed by atoms with Crippen LogP contribution in [0.25, 0.3) is 0 Å². The Morgan fingerprint density at radius 1 is 1.12 bits per heavy atom. The largest absolute Gasteiger partial charge is 0.312 e. The molecule has 2 rings (SSSR count). The van der Waals surface area contributed by atoms with E-state index in [0.717, 1.165) is 17.2 Å². The Balaban J connectivity index is 1.52. The minimum Gasteiger partial charge on any atom is -0.312 e. The summed E-state index contributed by atoms with van der Waals surface area (Å²) in [6.07, 6.45) is 11.0. The molecular weight excluding hydrogens is 234 g/mol. The standard InChI is InChI=1S/C13H25NS2/c1-15-13-5-3-2-4-12(13)14-8-9-16-10-11-6-7-11/h11-14H,2-10H2,1H3. The van der Waals surface area contributed by atoms with Crippen molar-refractivity contribution in [2.75, 3.05) is 24.3 Å². The van der Waals surface area contributed by atoms with Crippen LogP contribution < -0.4 is 5.32 Å². The summed E-state index contributed by atoms with van der Waals surface area (Å²) in [5.74, 6) is 3.81. The lowest BCUT2D eigenvalue weighted by Gasteiger charge is -2.31. The molecule has 2 saturated carbocycles. The molecule has 16 heavy (non-hydrogen) atoms. The van der Waals surface area contributed by atoms with Crippen molar-refractivity contribution in [2.24, 2.45) is 5.92 Å². The zero-order valence-corrected chi connectivity index (χ0v) is 12.0. The minimum absolute atomic E-state index is 0.797. The lowest BCUT2D eigenvalue weighted by Crippen LogP contribution is -2.41. The van der Waals surface area contributed by atoms with Gasteiger partial charge in [0.15, 0.2) is 0 Å². The van der Waals surface area contributed by atoms with E-state index in [1.165, 1.54) is 56.6 Å². The fourth-order valence-corrected chi connectivity index (χ4v) is 4.52. The maximum atomic E-state index is 3.78. The van der Waals surface area contributed by atoms with Gasteiger partial charge in [-0.15, -0.1) is 0 Å². The van der Waals surface area contributed by atoms with Crippen LogP contribution in [0.15, 0.2) is 0 Å². The molecule has 0 bridgehead atoms. The molecule has 1 N–H and O–H groups in total. The van der Waals surface area contributed by atoms with E-state index in [9.17, 15) is 0 Å². The van der Waals surface area contributed by atoms with Gasteiger partial charge < -0.3 is 5.32 Å². The highest BCUT2D eigenvalue weighted by Gasteiger charge is 2.23. The van der Waals surface area contributed by atoms with Crippen LogP contribution in [0.4, 0.5) is 0 Å². The smallest absolute Gasteiger partial charge is 0.0198 e. The molecule has 0 spiro atoms. The summed E-state index contributed by atoms with van der Waals surface area (Å²) in [6, 6.07) is 0.797. The maximum absolute atomic E-state index is 3.78. The molecule has 0 heterocycles. The van der Waals surface area contributed by atoms with Crippen LogP contribution in [0.3, 0.4) is 0 Å². The van der Waals surface area contributed by atoms with Gasteiger partial charge in [-0.1, -0.05) is 12.8 Å². The normalized spacial score (nSPS) is 30.6. The van der Waals surface area contributed by atoms with Gasteiger partial charge in [-0.2, -0.15) is 23.5 Å². The molecule has 0 radical (unpaired) electrons. The van der Waals surface area contributed by atoms with E-state index < -0.39 is 0 Å². The number of hydrogen-bond acceptors (Lipinski definition) is 3. The molecule has 0 saturated heterocycles. The van der Waals surface area contributed by atoms with Crippen LogP contribution >= 0.6 is 23.5 Å². The van der Waals surface area contributed by atoms with Crippen molar-refractivity contribution in [3.8, 4) is 0 Å². The summed E-state index contributed by atoms with van der Waals surface area (Å²) >= 11 is 4.22. The molecule has 0 aliphatic heterocycles. The van der Waals surface area contributed by atoms with Crippen LogP contribution in [-0.2, 0) is 0 Å². The first-order valence-electron chi connectivity index (χ1n) is 6.74. The first kappa shape index (κ1) is 13.1. The molecule has 2 aliphatic carbocycles. The minimum atomic E-state index is 0.797. The zero-order chi connectivity index (χ0) is 11.2. The lowest BCUT2D eigenvalue weighted by molar-refractivity contribution is 0.392. The average Bonchev–Trinajstić information content (AvgIpc) is 3.13. The van der Waals surface area contributed by atoms with Gasteiger partial charge in [0.2, 0.25) is 0 Å². The van der Waals surface area contributed by atoms with Gasteiger partial charge in [0.1, 0.15) is 0 Å². The molecule has 2 atom stereocenters. The highest BCUT2D eigenvalue weighted by molar-refractivity contribution is 7.99. The van der Waals surface area contributed by atoms with Crippen molar-refractivity contribution >= 4 is 23.5 Å². The highest BCUT2D eigenvalue weighted by atomic mass is 32.2. The Morgan fingerprint density at radius 2 is 1.94 bits per heavy atom. The molecule has 0 aromatic heterocycles. The number of rotatable bonds is 7. The topological polar surface area (TPSA) is 12.0 Å². The summed E-state index contributed by atoms with van der Waals surface area (Å²) in [7, 11) is 0. The van der Waals surface area contributed by atoms with E-state index in [2.05, 4.69) is 35.1 Å². The van der Waals surface area contributed by atoms with Gasteiger partial charge in [-0.3, -0.25) is 0 Å². The summed E-state index contributed by atoms with van der Waals surface area (Å²) in [6.45, 7) is 1.22. The third kappa shape index (κ3) is 4.50. The quantitative estimate of drug-likeness (QED) is 0.704.